The molecule has 5 heteroatoms. The molecule has 0 aliphatic heterocycles. The number of benzene rings is 2. The molecule has 0 bridgehead atoms. The molecule has 3 aromatic rings. The number of rotatable bonds is 8. The van der Waals surface area contributed by atoms with E-state index < -0.39 is 5.97 Å². The number of nitrogens with zero attached hydrogens (tertiary/aromatic N) is 1. The Morgan fingerprint density at radius 2 is 1.69 bits per heavy atom. The molecule has 0 unspecified atom stereocenters. The minimum Gasteiger partial charge on any atom is -0.462 e. The zero-order valence-electron chi connectivity index (χ0n) is 16.8. The molecule has 1 aromatic heterocycles. The summed E-state index contributed by atoms with van der Waals surface area (Å²) in [7, 11) is 0. The summed E-state index contributed by atoms with van der Waals surface area (Å²) in [6.07, 6.45) is 0.815. The summed E-state index contributed by atoms with van der Waals surface area (Å²) in [6, 6.07) is 21.7. The van der Waals surface area contributed by atoms with Gasteiger partial charge in [-0.3, -0.25) is 4.79 Å². The first-order valence-electron chi connectivity index (χ1n) is 9.72. The van der Waals surface area contributed by atoms with E-state index in [2.05, 4.69) is 16.7 Å². The smallest absolute Gasteiger partial charge is 0.343 e. The Bertz CT molecular complexity index is 1010. The highest BCUT2D eigenvalue weighted by molar-refractivity contribution is 7.98. The highest BCUT2D eigenvalue weighted by atomic mass is 32.2. The van der Waals surface area contributed by atoms with E-state index in [1.54, 1.807) is 18.7 Å². The van der Waals surface area contributed by atoms with Gasteiger partial charge in [0.1, 0.15) is 5.56 Å². The lowest BCUT2D eigenvalue weighted by Gasteiger charge is -2.20. The zero-order valence-corrected chi connectivity index (χ0v) is 17.6. The van der Waals surface area contributed by atoms with Gasteiger partial charge in [0.05, 0.1) is 6.61 Å². The van der Waals surface area contributed by atoms with Crippen molar-refractivity contribution in [1.29, 1.82) is 0 Å². The van der Waals surface area contributed by atoms with Gasteiger partial charge in [0.2, 0.25) is 0 Å². The van der Waals surface area contributed by atoms with Gasteiger partial charge in [-0.25, -0.2) is 4.79 Å². The fourth-order valence-electron chi connectivity index (χ4n) is 3.27. The van der Waals surface area contributed by atoms with E-state index in [1.165, 1.54) is 11.6 Å². The van der Waals surface area contributed by atoms with E-state index in [4.69, 9.17) is 4.74 Å². The Hall–Kier alpha value is -2.79. The first-order valence-corrected chi connectivity index (χ1v) is 10.7. The summed E-state index contributed by atoms with van der Waals surface area (Å²) in [5, 5.41) is 0. The molecule has 0 aliphatic rings. The predicted octanol–water partition coefficient (Wildman–Crippen LogP) is 4.87. The highest BCUT2D eigenvalue weighted by Gasteiger charge is 2.21. The molecule has 0 fully saturated rings. The zero-order chi connectivity index (χ0) is 20.6. The van der Waals surface area contributed by atoms with Crippen molar-refractivity contribution in [3.05, 3.63) is 99.5 Å². The van der Waals surface area contributed by atoms with Gasteiger partial charge in [-0.1, -0.05) is 48.5 Å². The van der Waals surface area contributed by atoms with Crippen LogP contribution >= 0.6 is 11.8 Å². The Labute approximate surface area is 175 Å². The van der Waals surface area contributed by atoms with Crippen molar-refractivity contribution in [2.75, 3.05) is 6.61 Å². The maximum atomic E-state index is 12.7. The van der Waals surface area contributed by atoms with Gasteiger partial charge < -0.3 is 9.30 Å². The van der Waals surface area contributed by atoms with Crippen LogP contribution in [0.5, 0.6) is 0 Å². The summed E-state index contributed by atoms with van der Waals surface area (Å²) in [4.78, 5) is 26.4. The van der Waals surface area contributed by atoms with Crippen LogP contribution in [0.2, 0.25) is 0 Å². The number of esters is 1. The summed E-state index contributed by atoms with van der Waals surface area (Å²) < 4.78 is 7.28. The Morgan fingerprint density at radius 3 is 2.34 bits per heavy atom. The van der Waals surface area contributed by atoms with Crippen molar-refractivity contribution in [2.24, 2.45) is 0 Å². The Morgan fingerprint density at radius 1 is 1.03 bits per heavy atom. The molecule has 29 heavy (non-hydrogen) atoms. The van der Waals surface area contributed by atoms with E-state index in [-0.39, 0.29) is 17.6 Å². The number of ether oxygens (including phenoxy) is 1. The number of pyridine rings is 1. The van der Waals surface area contributed by atoms with E-state index in [0.717, 1.165) is 22.7 Å². The van der Waals surface area contributed by atoms with E-state index in [1.807, 2.05) is 55.5 Å². The van der Waals surface area contributed by atoms with Crippen molar-refractivity contribution < 1.29 is 9.53 Å². The van der Waals surface area contributed by atoms with Crippen molar-refractivity contribution >= 4 is 17.7 Å². The Kier molecular flexibility index (Phi) is 7.30. The standard InChI is InChI=1S/C24H25NO3S/c1-3-28-24(27)23-21(17-29-20-12-8-5-9-13-20)25(18(2)16-22(23)26)15-14-19-10-6-4-7-11-19/h4-13,16H,3,14-15,17H2,1-2H3. The number of thioether (sulfide) groups is 1. The largest absolute Gasteiger partial charge is 0.462 e. The maximum Gasteiger partial charge on any atom is 0.343 e. The number of aromatic nitrogens is 1. The van der Waals surface area contributed by atoms with Crippen LogP contribution in [0.4, 0.5) is 0 Å². The van der Waals surface area contributed by atoms with Crippen LogP contribution in [0.15, 0.2) is 76.4 Å². The quantitative estimate of drug-likeness (QED) is 0.395. The topological polar surface area (TPSA) is 48.3 Å². The van der Waals surface area contributed by atoms with Gasteiger partial charge in [0.15, 0.2) is 5.43 Å². The van der Waals surface area contributed by atoms with Crippen molar-refractivity contribution in [2.45, 2.75) is 37.5 Å². The lowest BCUT2D eigenvalue weighted by molar-refractivity contribution is 0.0522. The first kappa shape index (κ1) is 20.9. The van der Waals surface area contributed by atoms with Crippen LogP contribution in [0.1, 0.15) is 34.2 Å². The number of hydrogen-bond donors (Lipinski definition) is 0. The second kappa shape index (κ2) is 10.1. The van der Waals surface area contributed by atoms with Gasteiger partial charge in [0, 0.05) is 34.6 Å². The lowest BCUT2D eigenvalue weighted by Crippen LogP contribution is -2.26. The second-order valence-corrected chi connectivity index (χ2v) is 7.73. The predicted molar refractivity (Wildman–Crippen MR) is 118 cm³/mol. The average molecular weight is 408 g/mol. The summed E-state index contributed by atoms with van der Waals surface area (Å²) in [5.41, 5.74) is 2.65. The Balaban J connectivity index is 1.98. The van der Waals surface area contributed by atoms with Gasteiger partial charge in [-0.2, -0.15) is 0 Å². The molecule has 0 amide bonds. The van der Waals surface area contributed by atoms with Crippen LogP contribution in [0.25, 0.3) is 0 Å². The van der Waals surface area contributed by atoms with Crippen LogP contribution in [0.3, 0.4) is 0 Å². The highest BCUT2D eigenvalue weighted by Crippen LogP contribution is 2.25. The lowest BCUT2D eigenvalue weighted by atomic mass is 10.1. The monoisotopic (exact) mass is 407 g/mol. The van der Waals surface area contributed by atoms with Crippen molar-refractivity contribution in [3.63, 3.8) is 0 Å². The minimum atomic E-state index is -0.547. The molecule has 0 saturated carbocycles. The molecule has 2 aromatic carbocycles. The van der Waals surface area contributed by atoms with Gasteiger partial charge in [-0.15, -0.1) is 11.8 Å². The van der Waals surface area contributed by atoms with Gasteiger partial charge in [0.25, 0.3) is 0 Å². The molecule has 150 valence electrons. The molecule has 1 heterocycles. The molecule has 4 nitrogen and oxygen atoms in total. The molecule has 3 rings (SSSR count). The molecule has 0 atom stereocenters. The van der Waals surface area contributed by atoms with Gasteiger partial charge in [-0.05, 0) is 38.0 Å². The molecule has 0 spiro atoms. The molecular weight excluding hydrogens is 382 g/mol. The number of hydrogen-bond acceptors (Lipinski definition) is 4. The molecule has 0 radical (unpaired) electrons. The third kappa shape index (κ3) is 5.39. The summed E-state index contributed by atoms with van der Waals surface area (Å²) >= 11 is 1.61. The third-order valence-corrected chi connectivity index (χ3v) is 5.72. The second-order valence-electron chi connectivity index (χ2n) is 6.68. The van der Waals surface area contributed by atoms with Crippen LogP contribution < -0.4 is 5.43 Å². The van der Waals surface area contributed by atoms with Crippen molar-refractivity contribution in [1.82, 2.24) is 4.57 Å². The molecule has 0 N–H and O–H groups in total. The minimum absolute atomic E-state index is 0.147. The van der Waals surface area contributed by atoms with Crippen LogP contribution in [-0.2, 0) is 23.5 Å². The fourth-order valence-corrected chi connectivity index (χ4v) is 4.22. The van der Waals surface area contributed by atoms with E-state index >= 15 is 0 Å². The summed E-state index contributed by atoms with van der Waals surface area (Å²) in [5.74, 6) is -0.0289. The first-order chi connectivity index (χ1) is 14.1. The van der Waals surface area contributed by atoms with E-state index in [9.17, 15) is 9.59 Å². The molecule has 0 aliphatic carbocycles. The summed E-state index contributed by atoms with van der Waals surface area (Å²) in [6.45, 7) is 4.59. The fraction of sp³-hybridized carbons (Fsp3) is 0.250. The number of carbonyl (C=O) groups is 1. The number of aryl methyl sites for hydroxylation is 2. The SMILES string of the molecule is CCOC(=O)c1c(CSc2ccccc2)n(CCc2ccccc2)c(C)cc1=O. The van der Waals surface area contributed by atoms with Crippen LogP contribution in [0, 0.1) is 6.92 Å². The molecular formula is C24H25NO3S. The molecule has 0 saturated heterocycles. The number of carbonyl (C=O) groups excluding carboxylic acids is 1. The third-order valence-electron chi connectivity index (χ3n) is 4.69. The van der Waals surface area contributed by atoms with Crippen LogP contribution in [-0.4, -0.2) is 17.1 Å². The normalized spacial score (nSPS) is 10.7. The average Bonchev–Trinajstić information content (AvgIpc) is 2.73. The maximum absolute atomic E-state index is 12.7. The van der Waals surface area contributed by atoms with Crippen molar-refractivity contribution in [3.8, 4) is 0 Å². The van der Waals surface area contributed by atoms with E-state index in [0.29, 0.717) is 12.3 Å². The van der Waals surface area contributed by atoms with Gasteiger partial charge >= 0.3 is 5.97 Å².